The Balaban J connectivity index is 2.85. The molecule has 0 aromatic rings. The SMILES string of the molecule is CCC1(C(=O)O)CCCN(C(=O)N(CCO)C(C)C)C1. The zero-order chi connectivity index (χ0) is 15.3. The number of amides is 2. The predicted molar refractivity (Wildman–Crippen MR) is 75.5 cm³/mol. The van der Waals surface area contributed by atoms with Crippen molar-refractivity contribution in [1.29, 1.82) is 0 Å². The second-order valence-electron chi connectivity index (χ2n) is 5.76. The Morgan fingerprint density at radius 3 is 2.50 bits per heavy atom. The number of aliphatic hydroxyl groups is 1. The third-order valence-corrected chi connectivity index (χ3v) is 4.19. The number of nitrogens with zero attached hydrogens (tertiary/aromatic N) is 2. The van der Waals surface area contributed by atoms with Gasteiger partial charge in [-0.05, 0) is 33.1 Å². The van der Waals surface area contributed by atoms with Crippen molar-refractivity contribution in [2.75, 3.05) is 26.2 Å². The predicted octanol–water partition coefficient (Wildman–Crippen LogP) is 1.39. The van der Waals surface area contributed by atoms with E-state index in [9.17, 15) is 14.7 Å². The fourth-order valence-electron chi connectivity index (χ4n) is 2.77. The first-order chi connectivity index (χ1) is 9.38. The number of carboxylic acid groups (broad SMARTS) is 1. The highest BCUT2D eigenvalue weighted by Crippen LogP contribution is 2.34. The van der Waals surface area contributed by atoms with Gasteiger partial charge in [0.15, 0.2) is 0 Å². The molecule has 1 aliphatic rings. The van der Waals surface area contributed by atoms with Gasteiger partial charge < -0.3 is 20.0 Å². The van der Waals surface area contributed by atoms with E-state index in [1.807, 2.05) is 20.8 Å². The number of piperidine rings is 1. The molecule has 1 aliphatic heterocycles. The molecule has 6 heteroatoms. The number of carboxylic acids is 1. The zero-order valence-electron chi connectivity index (χ0n) is 12.6. The van der Waals surface area contributed by atoms with Crippen LogP contribution in [0.5, 0.6) is 0 Å². The van der Waals surface area contributed by atoms with E-state index < -0.39 is 11.4 Å². The fraction of sp³-hybridized carbons (Fsp3) is 0.857. The summed E-state index contributed by atoms with van der Waals surface area (Å²) in [6.45, 7) is 6.67. The minimum atomic E-state index is -0.824. The van der Waals surface area contributed by atoms with Crippen molar-refractivity contribution >= 4 is 12.0 Å². The average Bonchev–Trinajstić information content (AvgIpc) is 2.43. The summed E-state index contributed by atoms with van der Waals surface area (Å²) in [4.78, 5) is 27.2. The summed E-state index contributed by atoms with van der Waals surface area (Å²) >= 11 is 0. The van der Waals surface area contributed by atoms with Crippen molar-refractivity contribution in [1.82, 2.24) is 9.80 Å². The van der Waals surface area contributed by atoms with Crippen LogP contribution >= 0.6 is 0 Å². The monoisotopic (exact) mass is 286 g/mol. The largest absolute Gasteiger partial charge is 0.481 e. The lowest BCUT2D eigenvalue weighted by Gasteiger charge is -2.42. The molecule has 1 fully saturated rings. The number of urea groups is 1. The van der Waals surface area contributed by atoms with Crippen molar-refractivity contribution in [3.8, 4) is 0 Å². The molecule has 2 N–H and O–H groups in total. The van der Waals surface area contributed by atoms with Crippen LogP contribution in [0.25, 0.3) is 0 Å². The normalized spacial score (nSPS) is 22.9. The van der Waals surface area contributed by atoms with E-state index in [-0.39, 0.29) is 31.8 Å². The van der Waals surface area contributed by atoms with E-state index in [1.165, 1.54) is 0 Å². The smallest absolute Gasteiger partial charge is 0.320 e. The average molecular weight is 286 g/mol. The van der Waals surface area contributed by atoms with Crippen molar-refractivity contribution in [3.05, 3.63) is 0 Å². The summed E-state index contributed by atoms with van der Waals surface area (Å²) in [5.74, 6) is -0.823. The van der Waals surface area contributed by atoms with Gasteiger partial charge in [-0.1, -0.05) is 6.92 Å². The van der Waals surface area contributed by atoms with Gasteiger partial charge >= 0.3 is 12.0 Å². The standard InChI is InChI=1S/C14H26N2O4/c1-4-14(12(18)19)6-5-7-15(10-14)13(20)16(8-9-17)11(2)3/h11,17H,4-10H2,1-3H3,(H,18,19). The first-order valence-corrected chi connectivity index (χ1v) is 7.27. The lowest BCUT2D eigenvalue weighted by Crippen LogP contribution is -2.55. The molecule has 0 radical (unpaired) electrons. The van der Waals surface area contributed by atoms with Crippen LogP contribution in [0.2, 0.25) is 0 Å². The van der Waals surface area contributed by atoms with Gasteiger partial charge in [-0.2, -0.15) is 0 Å². The lowest BCUT2D eigenvalue weighted by atomic mass is 9.78. The van der Waals surface area contributed by atoms with E-state index in [2.05, 4.69) is 0 Å². The molecule has 116 valence electrons. The Kier molecular flexibility index (Phi) is 5.80. The quantitative estimate of drug-likeness (QED) is 0.800. The molecule has 2 amide bonds. The van der Waals surface area contributed by atoms with Crippen LogP contribution in [-0.2, 0) is 4.79 Å². The van der Waals surface area contributed by atoms with E-state index in [0.29, 0.717) is 25.8 Å². The number of carbonyl (C=O) groups excluding carboxylic acids is 1. The van der Waals surface area contributed by atoms with Gasteiger partial charge in [-0.15, -0.1) is 0 Å². The maximum absolute atomic E-state index is 12.5. The summed E-state index contributed by atoms with van der Waals surface area (Å²) in [6, 6.07) is -0.190. The molecule has 0 aliphatic carbocycles. The molecule has 0 aromatic heterocycles. The molecule has 1 saturated heterocycles. The van der Waals surface area contributed by atoms with E-state index in [0.717, 1.165) is 0 Å². The molecule has 1 atom stereocenters. The maximum atomic E-state index is 12.5. The minimum absolute atomic E-state index is 0.0163. The van der Waals surface area contributed by atoms with Gasteiger partial charge in [0.05, 0.1) is 12.0 Å². The minimum Gasteiger partial charge on any atom is -0.481 e. The second kappa shape index (κ2) is 6.92. The highest BCUT2D eigenvalue weighted by atomic mass is 16.4. The molecule has 0 aromatic carbocycles. The van der Waals surface area contributed by atoms with Gasteiger partial charge in [0.1, 0.15) is 0 Å². The van der Waals surface area contributed by atoms with E-state index >= 15 is 0 Å². The molecular weight excluding hydrogens is 260 g/mol. The molecule has 0 saturated carbocycles. The second-order valence-corrected chi connectivity index (χ2v) is 5.76. The number of aliphatic hydroxyl groups excluding tert-OH is 1. The number of rotatable bonds is 5. The van der Waals surface area contributed by atoms with Crippen molar-refractivity contribution in [2.45, 2.75) is 46.1 Å². The number of likely N-dealkylation sites (tertiary alicyclic amines) is 1. The Bertz CT molecular complexity index is 359. The summed E-state index contributed by atoms with van der Waals surface area (Å²) < 4.78 is 0. The van der Waals surface area contributed by atoms with Crippen LogP contribution in [0.4, 0.5) is 4.79 Å². The van der Waals surface area contributed by atoms with Crippen LogP contribution in [0.3, 0.4) is 0 Å². The Morgan fingerprint density at radius 1 is 1.40 bits per heavy atom. The van der Waals surface area contributed by atoms with Crippen LogP contribution in [0.15, 0.2) is 0 Å². The lowest BCUT2D eigenvalue weighted by molar-refractivity contribution is -0.152. The topological polar surface area (TPSA) is 81.1 Å². The molecule has 1 rings (SSSR count). The first kappa shape index (κ1) is 16.8. The molecule has 0 bridgehead atoms. The highest BCUT2D eigenvalue weighted by Gasteiger charge is 2.42. The Labute approximate surface area is 120 Å². The van der Waals surface area contributed by atoms with Crippen molar-refractivity contribution < 1.29 is 19.8 Å². The van der Waals surface area contributed by atoms with Crippen LogP contribution in [-0.4, -0.2) is 64.3 Å². The third-order valence-electron chi connectivity index (χ3n) is 4.19. The molecule has 0 spiro atoms. The molecule has 1 unspecified atom stereocenters. The van der Waals surface area contributed by atoms with Gasteiger partial charge in [0.25, 0.3) is 0 Å². The number of carbonyl (C=O) groups is 2. The van der Waals surface area contributed by atoms with Crippen LogP contribution in [0, 0.1) is 5.41 Å². The van der Waals surface area contributed by atoms with Crippen LogP contribution < -0.4 is 0 Å². The molecule has 20 heavy (non-hydrogen) atoms. The van der Waals surface area contributed by atoms with Gasteiger partial charge in [0.2, 0.25) is 0 Å². The molecule has 6 nitrogen and oxygen atoms in total. The van der Waals surface area contributed by atoms with Crippen molar-refractivity contribution in [3.63, 3.8) is 0 Å². The maximum Gasteiger partial charge on any atom is 0.320 e. The summed E-state index contributed by atoms with van der Waals surface area (Å²) in [6.07, 6.45) is 1.84. The Hall–Kier alpha value is -1.30. The summed E-state index contributed by atoms with van der Waals surface area (Å²) in [5.41, 5.74) is -0.824. The van der Waals surface area contributed by atoms with Gasteiger partial charge in [0, 0.05) is 25.7 Å². The number of hydrogen-bond donors (Lipinski definition) is 2. The number of aliphatic carboxylic acids is 1. The van der Waals surface area contributed by atoms with E-state index in [4.69, 9.17) is 5.11 Å². The molecule has 1 heterocycles. The van der Waals surface area contributed by atoms with Crippen LogP contribution in [0.1, 0.15) is 40.0 Å². The fourth-order valence-corrected chi connectivity index (χ4v) is 2.77. The van der Waals surface area contributed by atoms with Crippen molar-refractivity contribution in [2.24, 2.45) is 5.41 Å². The summed E-state index contributed by atoms with van der Waals surface area (Å²) in [7, 11) is 0. The van der Waals surface area contributed by atoms with E-state index in [1.54, 1.807) is 9.80 Å². The third kappa shape index (κ3) is 3.42. The van der Waals surface area contributed by atoms with Gasteiger partial charge in [-0.25, -0.2) is 4.79 Å². The molecular formula is C14H26N2O4. The highest BCUT2D eigenvalue weighted by molar-refractivity contribution is 5.79. The Morgan fingerprint density at radius 2 is 2.05 bits per heavy atom. The first-order valence-electron chi connectivity index (χ1n) is 7.27. The summed E-state index contributed by atoms with van der Waals surface area (Å²) in [5, 5.41) is 18.5. The number of hydrogen-bond acceptors (Lipinski definition) is 3. The van der Waals surface area contributed by atoms with Gasteiger partial charge in [-0.3, -0.25) is 4.79 Å². The zero-order valence-corrected chi connectivity index (χ0v) is 12.6.